The maximum absolute atomic E-state index is 11.1. The zero-order chi connectivity index (χ0) is 15.8. The molecule has 0 bridgehead atoms. The molecule has 1 N–H and O–H groups in total. The lowest BCUT2D eigenvalue weighted by Gasteiger charge is -2.12. The SMILES string of the molecule is C=CCCCCOc1cc(C(=O)O)ccc1-c1ccccc1. The third-order valence-electron chi connectivity index (χ3n) is 3.37. The van der Waals surface area contributed by atoms with Crippen LogP contribution in [0.1, 0.15) is 29.6 Å². The molecule has 0 fully saturated rings. The molecule has 0 unspecified atom stereocenters. The summed E-state index contributed by atoms with van der Waals surface area (Å²) in [5.74, 6) is -0.333. The molecule has 0 atom stereocenters. The minimum atomic E-state index is -0.948. The van der Waals surface area contributed by atoms with Crippen molar-refractivity contribution in [3.05, 3.63) is 66.7 Å². The van der Waals surface area contributed by atoms with Gasteiger partial charge in [-0.2, -0.15) is 0 Å². The van der Waals surface area contributed by atoms with Crippen LogP contribution in [-0.2, 0) is 0 Å². The second-order valence-electron chi connectivity index (χ2n) is 5.02. The van der Waals surface area contributed by atoms with Gasteiger partial charge in [0.2, 0.25) is 0 Å². The first-order valence-corrected chi connectivity index (χ1v) is 7.39. The third-order valence-corrected chi connectivity index (χ3v) is 3.37. The van der Waals surface area contributed by atoms with E-state index in [0.29, 0.717) is 12.4 Å². The lowest BCUT2D eigenvalue weighted by atomic mass is 10.0. The average molecular weight is 296 g/mol. The maximum Gasteiger partial charge on any atom is 0.335 e. The van der Waals surface area contributed by atoms with E-state index in [1.807, 2.05) is 36.4 Å². The van der Waals surface area contributed by atoms with Crippen LogP contribution >= 0.6 is 0 Å². The van der Waals surface area contributed by atoms with E-state index >= 15 is 0 Å². The number of allylic oxidation sites excluding steroid dienone is 1. The standard InChI is InChI=1S/C19H20O3/c1-2-3-4-8-13-22-18-14-16(19(20)21)11-12-17(18)15-9-6-5-7-10-15/h2,5-7,9-12,14H,1,3-4,8,13H2,(H,20,21). The van der Waals surface area contributed by atoms with E-state index < -0.39 is 5.97 Å². The van der Waals surface area contributed by atoms with E-state index in [9.17, 15) is 4.79 Å². The molecule has 114 valence electrons. The van der Waals surface area contributed by atoms with Crippen LogP contribution in [0, 0.1) is 0 Å². The summed E-state index contributed by atoms with van der Waals surface area (Å²) >= 11 is 0. The number of hydrogen-bond donors (Lipinski definition) is 1. The molecule has 0 amide bonds. The average Bonchev–Trinajstić information content (AvgIpc) is 2.55. The summed E-state index contributed by atoms with van der Waals surface area (Å²) in [7, 11) is 0. The molecule has 0 heterocycles. The van der Waals surface area contributed by atoms with Crippen LogP contribution in [0.2, 0.25) is 0 Å². The van der Waals surface area contributed by atoms with Crippen molar-refractivity contribution in [1.82, 2.24) is 0 Å². The molecule has 0 aromatic heterocycles. The number of carbonyl (C=O) groups is 1. The van der Waals surface area contributed by atoms with Crippen LogP contribution in [-0.4, -0.2) is 17.7 Å². The van der Waals surface area contributed by atoms with Gasteiger partial charge in [-0.25, -0.2) is 4.79 Å². The van der Waals surface area contributed by atoms with Gasteiger partial charge in [-0.05, 0) is 43.0 Å². The number of hydrogen-bond acceptors (Lipinski definition) is 2. The molecule has 2 aromatic carbocycles. The van der Waals surface area contributed by atoms with Gasteiger partial charge in [0.1, 0.15) is 5.75 Å². The van der Waals surface area contributed by atoms with Crippen molar-refractivity contribution in [2.24, 2.45) is 0 Å². The highest BCUT2D eigenvalue weighted by molar-refractivity contribution is 5.89. The fourth-order valence-corrected chi connectivity index (χ4v) is 2.20. The fraction of sp³-hybridized carbons (Fsp3) is 0.211. The van der Waals surface area contributed by atoms with Crippen LogP contribution in [0.3, 0.4) is 0 Å². The Balaban J connectivity index is 2.21. The molecule has 0 aliphatic carbocycles. The number of ether oxygens (including phenoxy) is 1. The van der Waals surface area contributed by atoms with Crippen molar-refractivity contribution >= 4 is 5.97 Å². The van der Waals surface area contributed by atoms with Gasteiger partial charge in [-0.3, -0.25) is 0 Å². The quantitative estimate of drug-likeness (QED) is 0.563. The van der Waals surface area contributed by atoms with Gasteiger partial charge in [0, 0.05) is 5.56 Å². The monoisotopic (exact) mass is 296 g/mol. The van der Waals surface area contributed by atoms with E-state index in [1.54, 1.807) is 18.2 Å². The van der Waals surface area contributed by atoms with Crippen molar-refractivity contribution in [2.45, 2.75) is 19.3 Å². The van der Waals surface area contributed by atoms with E-state index in [-0.39, 0.29) is 5.56 Å². The summed E-state index contributed by atoms with van der Waals surface area (Å²) in [5, 5.41) is 9.15. The largest absolute Gasteiger partial charge is 0.493 e. The van der Waals surface area contributed by atoms with Crippen molar-refractivity contribution in [2.75, 3.05) is 6.61 Å². The molecule has 0 aliphatic heterocycles. The molecule has 22 heavy (non-hydrogen) atoms. The molecular weight excluding hydrogens is 276 g/mol. The first-order valence-electron chi connectivity index (χ1n) is 7.39. The molecule has 0 saturated carbocycles. The number of carboxylic acid groups (broad SMARTS) is 1. The van der Waals surface area contributed by atoms with Crippen molar-refractivity contribution in [3.63, 3.8) is 0 Å². The van der Waals surface area contributed by atoms with E-state index in [4.69, 9.17) is 9.84 Å². The number of rotatable bonds is 8. The molecule has 3 heteroatoms. The van der Waals surface area contributed by atoms with Crippen molar-refractivity contribution < 1.29 is 14.6 Å². The summed E-state index contributed by atoms with van der Waals surface area (Å²) in [4.78, 5) is 11.1. The number of carboxylic acids is 1. The third kappa shape index (κ3) is 4.22. The second kappa shape index (κ2) is 8.03. The van der Waals surface area contributed by atoms with Crippen LogP contribution in [0.15, 0.2) is 61.2 Å². The van der Waals surface area contributed by atoms with Gasteiger partial charge in [0.05, 0.1) is 12.2 Å². The minimum Gasteiger partial charge on any atom is -0.493 e. The van der Waals surface area contributed by atoms with Crippen LogP contribution < -0.4 is 4.74 Å². The Morgan fingerprint density at radius 2 is 1.91 bits per heavy atom. The Hall–Kier alpha value is -2.55. The first kappa shape index (κ1) is 15.8. The summed E-state index contributed by atoms with van der Waals surface area (Å²) in [6.07, 6.45) is 4.78. The summed E-state index contributed by atoms with van der Waals surface area (Å²) in [6, 6.07) is 14.8. The summed E-state index contributed by atoms with van der Waals surface area (Å²) < 4.78 is 5.83. The van der Waals surface area contributed by atoms with Gasteiger partial charge in [-0.1, -0.05) is 36.4 Å². The Morgan fingerprint density at radius 1 is 1.14 bits per heavy atom. The summed E-state index contributed by atoms with van der Waals surface area (Å²) in [5.41, 5.74) is 2.16. The van der Waals surface area contributed by atoms with Gasteiger partial charge in [-0.15, -0.1) is 6.58 Å². The van der Waals surface area contributed by atoms with Crippen LogP contribution in [0.25, 0.3) is 11.1 Å². The summed E-state index contributed by atoms with van der Waals surface area (Å²) in [6.45, 7) is 4.26. The van der Waals surface area contributed by atoms with Gasteiger partial charge in [0.25, 0.3) is 0 Å². The second-order valence-corrected chi connectivity index (χ2v) is 5.02. The Kier molecular flexibility index (Phi) is 5.78. The van der Waals surface area contributed by atoms with Gasteiger partial charge in [0.15, 0.2) is 0 Å². The minimum absolute atomic E-state index is 0.237. The van der Waals surface area contributed by atoms with Crippen molar-refractivity contribution in [1.29, 1.82) is 0 Å². The van der Waals surface area contributed by atoms with E-state index in [1.165, 1.54) is 0 Å². The molecular formula is C19H20O3. The van der Waals surface area contributed by atoms with Crippen LogP contribution in [0.4, 0.5) is 0 Å². The molecule has 0 spiro atoms. The Labute approximate surface area is 130 Å². The van der Waals surface area contributed by atoms with Crippen molar-refractivity contribution in [3.8, 4) is 16.9 Å². The predicted molar refractivity (Wildman–Crippen MR) is 88.4 cm³/mol. The molecule has 2 aromatic rings. The molecule has 3 nitrogen and oxygen atoms in total. The molecule has 2 rings (SSSR count). The molecule has 0 aliphatic rings. The highest BCUT2D eigenvalue weighted by atomic mass is 16.5. The number of benzene rings is 2. The van der Waals surface area contributed by atoms with E-state index in [0.717, 1.165) is 30.4 Å². The molecule has 0 radical (unpaired) electrons. The lowest BCUT2D eigenvalue weighted by Crippen LogP contribution is -2.02. The topological polar surface area (TPSA) is 46.5 Å². The zero-order valence-electron chi connectivity index (χ0n) is 12.5. The molecule has 0 saturated heterocycles. The zero-order valence-corrected chi connectivity index (χ0v) is 12.5. The van der Waals surface area contributed by atoms with Gasteiger partial charge >= 0.3 is 5.97 Å². The smallest absolute Gasteiger partial charge is 0.335 e. The van der Waals surface area contributed by atoms with E-state index in [2.05, 4.69) is 6.58 Å². The maximum atomic E-state index is 11.1. The number of aromatic carboxylic acids is 1. The highest BCUT2D eigenvalue weighted by Gasteiger charge is 2.11. The Bertz CT molecular complexity index is 632. The normalized spacial score (nSPS) is 10.2. The van der Waals surface area contributed by atoms with Gasteiger partial charge < -0.3 is 9.84 Å². The highest BCUT2D eigenvalue weighted by Crippen LogP contribution is 2.31. The number of unbranched alkanes of at least 4 members (excludes halogenated alkanes) is 2. The first-order chi connectivity index (χ1) is 10.7. The van der Waals surface area contributed by atoms with Crippen LogP contribution in [0.5, 0.6) is 5.75 Å². The fourth-order valence-electron chi connectivity index (χ4n) is 2.20. The lowest BCUT2D eigenvalue weighted by molar-refractivity contribution is 0.0696. The predicted octanol–water partition coefficient (Wildman–Crippen LogP) is 4.79. The Morgan fingerprint density at radius 3 is 2.59 bits per heavy atom.